The predicted molar refractivity (Wildman–Crippen MR) is 102 cm³/mol. The lowest BCUT2D eigenvalue weighted by Gasteiger charge is -2.23. The molecular formula is C20H29NO6. The molecule has 0 amide bonds. The largest absolute Gasteiger partial charge is 0.491 e. The molecule has 1 atom stereocenters. The van der Waals surface area contributed by atoms with Gasteiger partial charge in [-0.2, -0.15) is 0 Å². The van der Waals surface area contributed by atoms with Gasteiger partial charge in [-0.25, -0.2) is 9.59 Å². The Morgan fingerprint density at radius 2 is 1.67 bits per heavy atom. The molecule has 4 N–H and O–H groups in total. The van der Waals surface area contributed by atoms with Gasteiger partial charge < -0.3 is 25.4 Å². The van der Waals surface area contributed by atoms with Gasteiger partial charge in [0.1, 0.15) is 12.4 Å². The molecule has 1 unspecified atom stereocenters. The minimum Gasteiger partial charge on any atom is -0.491 e. The standard InChI is InChI=1S/C16H25NO2.C4H4O4/c18-15(13-19-16-9-5-2-6-10-16)11-12-17-14-7-3-1-4-8-14;5-3(6)1-2-4(7)8/h2,5-6,9-10,14-15,17-18H,1,3-4,7-8,11-13H2;1-2H,(H,5,6)(H,7,8). The number of carboxylic acid groups (broad SMARTS) is 2. The number of para-hydroxylation sites is 1. The Morgan fingerprint density at radius 1 is 1.07 bits per heavy atom. The van der Waals surface area contributed by atoms with Crippen molar-refractivity contribution in [3.8, 4) is 5.75 Å². The zero-order valence-corrected chi connectivity index (χ0v) is 15.4. The zero-order valence-electron chi connectivity index (χ0n) is 15.4. The van der Waals surface area contributed by atoms with Gasteiger partial charge in [0.25, 0.3) is 0 Å². The maximum atomic E-state index is 9.87. The zero-order chi connectivity index (χ0) is 19.9. The van der Waals surface area contributed by atoms with E-state index in [2.05, 4.69) is 5.32 Å². The summed E-state index contributed by atoms with van der Waals surface area (Å²) < 4.78 is 5.53. The Hall–Kier alpha value is -2.38. The quantitative estimate of drug-likeness (QED) is 0.487. The van der Waals surface area contributed by atoms with Crippen LogP contribution in [0.3, 0.4) is 0 Å². The summed E-state index contributed by atoms with van der Waals surface area (Å²) >= 11 is 0. The van der Waals surface area contributed by atoms with Crippen LogP contribution in [0, 0.1) is 0 Å². The van der Waals surface area contributed by atoms with Crippen molar-refractivity contribution in [1.82, 2.24) is 5.32 Å². The molecule has 0 saturated heterocycles. The Kier molecular flexibility index (Phi) is 11.6. The summed E-state index contributed by atoms with van der Waals surface area (Å²) in [6, 6.07) is 10.3. The van der Waals surface area contributed by atoms with Crippen LogP contribution in [0.2, 0.25) is 0 Å². The van der Waals surface area contributed by atoms with E-state index in [1.54, 1.807) is 0 Å². The fourth-order valence-electron chi connectivity index (χ4n) is 2.70. The van der Waals surface area contributed by atoms with Gasteiger partial charge in [-0.1, -0.05) is 37.5 Å². The lowest BCUT2D eigenvalue weighted by molar-refractivity contribution is -0.134. The van der Waals surface area contributed by atoms with Gasteiger partial charge in [0, 0.05) is 18.2 Å². The third kappa shape index (κ3) is 12.6. The number of aliphatic carboxylic acids is 2. The molecule has 1 aromatic carbocycles. The Bertz CT molecular complexity index is 553. The van der Waals surface area contributed by atoms with E-state index in [4.69, 9.17) is 14.9 Å². The van der Waals surface area contributed by atoms with Crippen LogP contribution < -0.4 is 10.1 Å². The second kappa shape index (κ2) is 13.8. The van der Waals surface area contributed by atoms with Crippen LogP contribution in [0.1, 0.15) is 38.5 Å². The van der Waals surface area contributed by atoms with Gasteiger partial charge in [-0.05, 0) is 37.9 Å². The topological polar surface area (TPSA) is 116 Å². The van der Waals surface area contributed by atoms with Crippen molar-refractivity contribution in [2.75, 3.05) is 13.2 Å². The van der Waals surface area contributed by atoms with Crippen LogP contribution in [0.15, 0.2) is 42.5 Å². The third-order valence-corrected chi connectivity index (χ3v) is 4.07. The lowest BCUT2D eigenvalue weighted by atomic mass is 9.95. The maximum Gasteiger partial charge on any atom is 0.328 e. The monoisotopic (exact) mass is 379 g/mol. The van der Waals surface area contributed by atoms with E-state index in [1.165, 1.54) is 32.1 Å². The number of carboxylic acids is 2. The highest BCUT2D eigenvalue weighted by molar-refractivity contribution is 5.89. The predicted octanol–water partition coefficient (Wildman–Crippen LogP) is 2.45. The molecule has 0 bridgehead atoms. The number of hydrogen-bond acceptors (Lipinski definition) is 5. The second-order valence-electron chi connectivity index (χ2n) is 6.37. The van der Waals surface area contributed by atoms with E-state index < -0.39 is 18.0 Å². The molecular weight excluding hydrogens is 350 g/mol. The molecule has 1 fully saturated rings. The van der Waals surface area contributed by atoms with Crippen LogP contribution >= 0.6 is 0 Å². The van der Waals surface area contributed by atoms with Crippen molar-refractivity contribution in [2.24, 2.45) is 0 Å². The van der Waals surface area contributed by atoms with E-state index in [-0.39, 0.29) is 0 Å². The number of aliphatic hydroxyl groups is 1. The van der Waals surface area contributed by atoms with E-state index in [9.17, 15) is 14.7 Å². The summed E-state index contributed by atoms with van der Waals surface area (Å²) in [6.45, 7) is 1.25. The first-order valence-electron chi connectivity index (χ1n) is 9.20. The molecule has 1 aromatic rings. The van der Waals surface area contributed by atoms with Gasteiger partial charge in [0.15, 0.2) is 0 Å². The van der Waals surface area contributed by atoms with Crippen molar-refractivity contribution in [1.29, 1.82) is 0 Å². The van der Waals surface area contributed by atoms with Gasteiger partial charge in [-0.3, -0.25) is 0 Å². The minimum absolute atomic E-state index is 0.371. The van der Waals surface area contributed by atoms with Crippen LogP contribution in [-0.2, 0) is 9.59 Å². The SMILES string of the molecule is O=C(O)C=CC(=O)O.OC(CCNC1CCCCC1)COc1ccccc1. The highest BCUT2D eigenvalue weighted by atomic mass is 16.5. The summed E-state index contributed by atoms with van der Waals surface area (Å²) in [6.07, 6.45) is 8.12. The highest BCUT2D eigenvalue weighted by Crippen LogP contribution is 2.17. The van der Waals surface area contributed by atoms with Crippen LogP contribution in [-0.4, -0.2) is 52.6 Å². The highest BCUT2D eigenvalue weighted by Gasteiger charge is 2.13. The van der Waals surface area contributed by atoms with Crippen molar-refractivity contribution in [3.05, 3.63) is 42.5 Å². The van der Waals surface area contributed by atoms with Gasteiger partial charge in [0.05, 0.1) is 6.10 Å². The lowest BCUT2D eigenvalue weighted by Crippen LogP contribution is -2.34. The molecule has 0 aromatic heterocycles. The summed E-state index contributed by atoms with van der Waals surface area (Å²) in [5.41, 5.74) is 0. The van der Waals surface area contributed by atoms with Crippen molar-refractivity contribution in [3.63, 3.8) is 0 Å². The second-order valence-corrected chi connectivity index (χ2v) is 6.37. The van der Waals surface area contributed by atoms with Crippen molar-refractivity contribution >= 4 is 11.9 Å². The van der Waals surface area contributed by atoms with Crippen molar-refractivity contribution in [2.45, 2.75) is 50.7 Å². The summed E-state index contributed by atoms with van der Waals surface area (Å²) in [5.74, 6) is -1.69. The Labute approximate surface area is 159 Å². The first-order valence-corrected chi connectivity index (χ1v) is 9.20. The number of rotatable bonds is 9. The fourth-order valence-corrected chi connectivity index (χ4v) is 2.70. The molecule has 150 valence electrons. The van der Waals surface area contributed by atoms with Crippen LogP contribution in [0.4, 0.5) is 0 Å². The van der Waals surface area contributed by atoms with Gasteiger partial charge in [0.2, 0.25) is 0 Å². The average molecular weight is 379 g/mol. The molecule has 1 aliphatic rings. The summed E-state index contributed by atoms with van der Waals surface area (Å²) in [4.78, 5) is 19.1. The van der Waals surface area contributed by atoms with E-state index in [0.717, 1.165) is 18.7 Å². The van der Waals surface area contributed by atoms with E-state index in [1.807, 2.05) is 30.3 Å². The van der Waals surface area contributed by atoms with E-state index in [0.29, 0.717) is 24.8 Å². The molecule has 27 heavy (non-hydrogen) atoms. The number of nitrogens with one attached hydrogen (secondary N) is 1. The smallest absolute Gasteiger partial charge is 0.328 e. The van der Waals surface area contributed by atoms with Crippen LogP contribution in [0.25, 0.3) is 0 Å². The number of hydrogen-bond donors (Lipinski definition) is 4. The Morgan fingerprint density at radius 3 is 2.22 bits per heavy atom. The molecule has 0 aliphatic heterocycles. The van der Waals surface area contributed by atoms with Crippen molar-refractivity contribution < 1.29 is 29.6 Å². The molecule has 2 rings (SSSR count). The molecule has 7 nitrogen and oxygen atoms in total. The van der Waals surface area contributed by atoms with Crippen LogP contribution in [0.5, 0.6) is 5.75 Å². The fraction of sp³-hybridized carbons (Fsp3) is 0.500. The van der Waals surface area contributed by atoms with Gasteiger partial charge >= 0.3 is 11.9 Å². The number of aliphatic hydroxyl groups excluding tert-OH is 1. The Balaban J connectivity index is 0.000000387. The molecule has 0 spiro atoms. The molecule has 1 saturated carbocycles. The molecule has 0 heterocycles. The first kappa shape index (κ1) is 22.7. The third-order valence-electron chi connectivity index (χ3n) is 4.07. The van der Waals surface area contributed by atoms with E-state index >= 15 is 0 Å². The summed E-state index contributed by atoms with van der Waals surface area (Å²) in [5, 5.41) is 29.0. The normalized spacial score (nSPS) is 15.6. The van der Waals surface area contributed by atoms with Gasteiger partial charge in [-0.15, -0.1) is 0 Å². The molecule has 7 heteroatoms. The molecule has 0 radical (unpaired) electrons. The molecule has 1 aliphatic carbocycles. The maximum absolute atomic E-state index is 9.87. The number of ether oxygens (including phenoxy) is 1. The summed E-state index contributed by atoms with van der Waals surface area (Å²) in [7, 11) is 0. The minimum atomic E-state index is -1.26. The number of benzene rings is 1. The first-order chi connectivity index (χ1) is 13.0. The average Bonchev–Trinajstić information content (AvgIpc) is 2.67. The number of carbonyl (C=O) groups is 2.